The van der Waals surface area contributed by atoms with E-state index in [1.165, 1.54) is 35.8 Å². The third kappa shape index (κ3) is 5.36. The zero-order valence-corrected chi connectivity index (χ0v) is 24.7. The zero-order chi connectivity index (χ0) is 27.8. The normalized spacial score (nSPS) is 21.2. The van der Waals surface area contributed by atoms with E-state index in [4.69, 9.17) is 17.0 Å². The summed E-state index contributed by atoms with van der Waals surface area (Å²) in [4.78, 5) is 41.5. The van der Waals surface area contributed by atoms with Gasteiger partial charge in [0.1, 0.15) is 9.32 Å². The van der Waals surface area contributed by atoms with E-state index in [-0.39, 0.29) is 23.1 Å². The first-order valence-electron chi connectivity index (χ1n) is 13.6. The molecular weight excluding hydrogens is 563 g/mol. The first-order chi connectivity index (χ1) is 19.4. The van der Waals surface area contributed by atoms with Crippen molar-refractivity contribution < 1.29 is 14.3 Å². The molecule has 1 aliphatic carbocycles. The number of methoxy groups -OCH3 is 1. The molecule has 1 N–H and O–H groups in total. The predicted octanol–water partition coefficient (Wildman–Crippen LogP) is 5.04. The van der Waals surface area contributed by atoms with Gasteiger partial charge in [-0.2, -0.15) is 0 Å². The zero-order valence-electron chi connectivity index (χ0n) is 22.3. The van der Waals surface area contributed by atoms with Crippen LogP contribution in [0.15, 0.2) is 53.3 Å². The van der Waals surface area contributed by atoms with Crippen molar-refractivity contribution in [3.63, 3.8) is 0 Å². The smallest absolute Gasteiger partial charge is 0.341 e. The summed E-state index contributed by atoms with van der Waals surface area (Å²) in [6, 6.07) is 15.9. The molecule has 1 amide bonds. The second-order valence-electron chi connectivity index (χ2n) is 10.8. The van der Waals surface area contributed by atoms with Gasteiger partial charge in [-0.15, -0.1) is 11.3 Å². The van der Waals surface area contributed by atoms with Crippen molar-refractivity contribution in [2.75, 3.05) is 31.3 Å². The van der Waals surface area contributed by atoms with Gasteiger partial charge in [0.25, 0.3) is 5.56 Å². The number of piperidine rings is 1. The number of hydrogen-bond donors (Lipinski definition) is 1. The Morgan fingerprint density at radius 2 is 1.93 bits per heavy atom. The van der Waals surface area contributed by atoms with Gasteiger partial charge in [0, 0.05) is 42.2 Å². The van der Waals surface area contributed by atoms with E-state index < -0.39 is 5.97 Å². The molecule has 2 bridgehead atoms. The molecule has 3 aromatic rings. The van der Waals surface area contributed by atoms with Crippen LogP contribution >= 0.6 is 35.3 Å². The second-order valence-corrected chi connectivity index (χ2v) is 13.5. The Balaban J connectivity index is 1.11. The number of pyridine rings is 1. The Hall–Kier alpha value is -2.95. The SMILES string of the molecule is COC(=O)c1c(NC(=O)CSC(=S)N2CC3CC(C2)c2cccc(=O)n2C3)sc2c1CCC(c1ccccc1)C2. The third-order valence-corrected chi connectivity index (χ3v) is 10.9. The fourth-order valence-corrected chi connectivity index (χ4v) is 8.74. The standard InChI is InChI=1S/C30H31N3O4S3/c1-37-29(36)27-22-11-10-20(19-6-3-2-4-7-19)13-24(22)40-28(27)31-25(34)17-39-30(38)32-14-18-12-21(16-32)23-8-5-9-26(35)33(23)15-18/h2-9,18,20-21H,10-17H2,1H3,(H,31,34). The van der Waals surface area contributed by atoms with Crippen molar-refractivity contribution in [1.82, 2.24) is 9.47 Å². The number of aromatic nitrogens is 1. The Morgan fingerprint density at radius 1 is 1.10 bits per heavy atom. The molecule has 3 unspecified atom stereocenters. The van der Waals surface area contributed by atoms with Gasteiger partial charge in [0.2, 0.25) is 5.91 Å². The number of ether oxygens (including phenoxy) is 1. The number of fused-ring (bicyclic) bond motifs is 5. The minimum atomic E-state index is -0.409. The number of hydrogen-bond acceptors (Lipinski definition) is 7. The highest BCUT2D eigenvalue weighted by molar-refractivity contribution is 8.23. The lowest BCUT2D eigenvalue weighted by Gasteiger charge is -2.43. The number of nitrogens with zero attached hydrogens (tertiary/aromatic N) is 2. The summed E-state index contributed by atoms with van der Waals surface area (Å²) in [6.45, 7) is 2.25. The van der Waals surface area contributed by atoms with Crippen LogP contribution in [0.1, 0.15) is 56.7 Å². The van der Waals surface area contributed by atoms with Crippen LogP contribution in [0.4, 0.5) is 5.00 Å². The molecule has 0 radical (unpaired) electrons. The van der Waals surface area contributed by atoms with E-state index in [2.05, 4.69) is 34.5 Å². The number of thioether (sulfide) groups is 1. The molecule has 10 heteroatoms. The van der Waals surface area contributed by atoms with Crippen molar-refractivity contribution in [2.45, 2.75) is 44.1 Å². The second kappa shape index (κ2) is 11.5. The molecule has 2 aliphatic heterocycles. The van der Waals surface area contributed by atoms with Gasteiger partial charge >= 0.3 is 5.97 Å². The van der Waals surface area contributed by atoms with Crippen molar-refractivity contribution in [1.29, 1.82) is 0 Å². The molecule has 40 heavy (non-hydrogen) atoms. The summed E-state index contributed by atoms with van der Waals surface area (Å²) in [7, 11) is 1.38. The number of amides is 1. The van der Waals surface area contributed by atoms with Gasteiger partial charge < -0.3 is 19.5 Å². The van der Waals surface area contributed by atoms with Crippen LogP contribution in [0.3, 0.4) is 0 Å². The van der Waals surface area contributed by atoms with Gasteiger partial charge in [-0.1, -0.05) is 60.4 Å². The Morgan fingerprint density at radius 3 is 2.73 bits per heavy atom. The highest BCUT2D eigenvalue weighted by atomic mass is 32.2. The van der Waals surface area contributed by atoms with Gasteiger partial charge in [-0.3, -0.25) is 9.59 Å². The van der Waals surface area contributed by atoms with Crippen LogP contribution in [0.2, 0.25) is 0 Å². The van der Waals surface area contributed by atoms with E-state index in [0.29, 0.717) is 33.3 Å². The number of carbonyl (C=O) groups is 2. The van der Waals surface area contributed by atoms with Crippen LogP contribution in [-0.4, -0.2) is 51.6 Å². The van der Waals surface area contributed by atoms with Crippen LogP contribution in [0, 0.1) is 5.92 Å². The molecule has 0 spiro atoms. The molecule has 7 nitrogen and oxygen atoms in total. The van der Waals surface area contributed by atoms with E-state index in [1.807, 2.05) is 22.8 Å². The number of likely N-dealkylation sites (tertiary alicyclic amines) is 1. The first kappa shape index (κ1) is 27.2. The monoisotopic (exact) mass is 593 g/mol. The Labute approximate surface area is 246 Å². The van der Waals surface area contributed by atoms with Crippen LogP contribution in [0.5, 0.6) is 0 Å². The number of carbonyl (C=O) groups excluding carboxylic acids is 2. The molecule has 2 aromatic heterocycles. The number of esters is 1. The van der Waals surface area contributed by atoms with Crippen LogP contribution < -0.4 is 10.9 Å². The highest BCUT2D eigenvalue weighted by Crippen LogP contribution is 2.43. The molecule has 3 atom stereocenters. The molecule has 1 fully saturated rings. The van der Waals surface area contributed by atoms with Crippen molar-refractivity contribution in [3.05, 3.63) is 86.1 Å². The number of thiophene rings is 1. The number of thiocarbonyl (C=S) groups is 1. The average molecular weight is 594 g/mol. The fraction of sp³-hybridized carbons (Fsp3) is 0.400. The maximum Gasteiger partial charge on any atom is 0.341 e. The topological polar surface area (TPSA) is 80.6 Å². The molecule has 3 aliphatic rings. The minimum Gasteiger partial charge on any atom is -0.465 e. The van der Waals surface area contributed by atoms with Gasteiger partial charge in [0.15, 0.2) is 0 Å². The summed E-state index contributed by atoms with van der Waals surface area (Å²) in [5.74, 6) is 0.575. The average Bonchev–Trinajstić information content (AvgIpc) is 3.33. The molecular formula is C30H31N3O4S3. The summed E-state index contributed by atoms with van der Waals surface area (Å²) < 4.78 is 7.70. The quantitative estimate of drug-likeness (QED) is 0.328. The number of benzene rings is 1. The Kier molecular flexibility index (Phi) is 7.83. The van der Waals surface area contributed by atoms with Crippen molar-refractivity contribution in [3.8, 4) is 0 Å². The van der Waals surface area contributed by atoms with E-state index >= 15 is 0 Å². The molecule has 208 valence electrons. The largest absolute Gasteiger partial charge is 0.465 e. The highest BCUT2D eigenvalue weighted by Gasteiger charge is 2.36. The molecule has 0 saturated carbocycles. The van der Waals surface area contributed by atoms with Gasteiger partial charge in [0.05, 0.1) is 18.4 Å². The van der Waals surface area contributed by atoms with E-state index in [0.717, 1.165) is 54.9 Å². The lowest BCUT2D eigenvalue weighted by molar-refractivity contribution is -0.113. The van der Waals surface area contributed by atoms with E-state index in [9.17, 15) is 14.4 Å². The molecule has 4 heterocycles. The molecule has 1 aromatic carbocycles. The lowest BCUT2D eigenvalue weighted by Crippen LogP contribution is -2.48. The summed E-state index contributed by atoms with van der Waals surface area (Å²) in [5, 5.41) is 3.56. The van der Waals surface area contributed by atoms with Crippen molar-refractivity contribution in [2.24, 2.45) is 5.92 Å². The molecule has 6 rings (SSSR count). The third-order valence-electron chi connectivity index (χ3n) is 8.24. The predicted molar refractivity (Wildman–Crippen MR) is 164 cm³/mol. The summed E-state index contributed by atoms with van der Waals surface area (Å²) in [6.07, 6.45) is 3.62. The van der Waals surface area contributed by atoms with Crippen LogP contribution in [-0.2, 0) is 28.9 Å². The van der Waals surface area contributed by atoms with E-state index in [1.54, 1.807) is 6.07 Å². The van der Waals surface area contributed by atoms with Crippen molar-refractivity contribution >= 4 is 56.5 Å². The summed E-state index contributed by atoms with van der Waals surface area (Å²) >= 11 is 8.58. The Bertz CT molecular complexity index is 1520. The van der Waals surface area contributed by atoms with Gasteiger partial charge in [-0.25, -0.2) is 4.79 Å². The lowest BCUT2D eigenvalue weighted by atomic mass is 9.83. The minimum absolute atomic E-state index is 0.0615. The first-order valence-corrected chi connectivity index (χ1v) is 15.8. The number of anilines is 1. The maximum atomic E-state index is 13.1. The maximum absolute atomic E-state index is 13.1. The van der Waals surface area contributed by atoms with Crippen LogP contribution in [0.25, 0.3) is 0 Å². The molecule has 1 saturated heterocycles. The summed E-state index contributed by atoms with van der Waals surface area (Å²) in [5.41, 5.74) is 3.93. The number of nitrogens with one attached hydrogen (secondary N) is 1. The van der Waals surface area contributed by atoms with Gasteiger partial charge in [-0.05, 0) is 54.7 Å². The number of rotatable bonds is 5. The fourth-order valence-electron chi connectivity index (χ4n) is 6.43.